The summed E-state index contributed by atoms with van der Waals surface area (Å²) in [6.07, 6.45) is 7.75. The van der Waals surface area contributed by atoms with Gasteiger partial charge in [0, 0.05) is 36.3 Å². The lowest BCUT2D eigenvalue weighted by atomic mass is 10.2. The van der Waals surface area contributed by atoms with E-state index >= 15 is 0 Å². The van der Waals surface area contributed by atoms with Crippen LogP contribution in [0.1, 0.15) is 35.6 Å². The largest absolute Gasteiger partial charge is 0.376 e. The summed E-state index contributed by atoms with van der Waals surface area (Å²) >= 11 is 1.66. The van der Waals surface area contributed by atoms with Crippen LogP contribution in [0.3, 0.4) is 0 Å². The number of hydrogen-bond acceptors (Lipinski definition) is 5. The van der Waals surface area contributed by atoms with Gasteiger partial charge in [0.15, 0.2) is 0 Å². The van der Waals surface area contributed by atoms with Gasteiger partial charge in [-0.25, -0.2) is 9.78 Å². The van der Waals surface area contributed by atoms with E-state index in [1.165, 1.54) is 4.88 Å². The standard InChI is InChI=1S/C16H23N5O2S/c1-11(15-17-7-12(2)24-15)6-18-16(22)20-13-8-19-21(9-13)10-14-4-3-5-23-14/h7-9,11,14H,3-6,10H2,1-2H3,(H2,18,20,22)/t11-,14-/m1/s1. The Morgan fingerprint density at radius 1 is 1.54 bits per heavy atom. The van der Waals surface area contributed by atoms with Crippen molar-refractivity contribution in [2.24, 2.45) is 0 Å². The zero-order valence-corrected chi connectivity index (χ0v) is 14.8. The molecule has 2 N–H and O–H groups in total. The number of ether oxygens (including phenoxy) is 1. The van der Waals surface area contributed by atoms with Crippen molar-refractivity contribution in [3.8, 4) is 0 Å². The summed E-state index contributed by atoms with van der Waals surface area (Å²) in [6.45, 7) is 6.18. The first-order chi connectivity index (χ1) is 11.6. The number of carbonyl (C=O) groups excluding carboxylic acids is 1. The number of aromatic nitrogens is 3. The Morgan fingerprint density at radius 2 is 2.42 bits per heavy atom. The van der Waals surface area contributed by atoms with Crippen molar-refractivity contribution in [2.75, 3.05) is 18.5 Å². The van der Waals surface area contributed by atoms with Crippen LogP contribution >= 0.6 is 11.3 Å². The molecule has 1 aliphatic rings. The Labute approximate surface area is 145 Å². The molecule has 0 aromatic carbocycles. The predicted molar refractivity (Wildman–Crippen MR) is 93.5 cm³/mol. The van der Waals surface area contributed by atoms with E-state index in [1.807, 2.05) is 24.0 Å². The van der Waals surface area contributed by atoms with Crippen molar-refractivity contribution in [2.45, 2.75) is 45.3 Å². The first-order valence-corrected chi connectivity index (χ1v) is 9.03. The van der Waals surface area contributed by atoms with E-state index in [4.69, 9.17) is 4.74 Å². The van der Waals surface area contributed by atoms with Crippen molar-refractivity contribution in [3.05, 3.63) is 28.5 Å². The Morgan fingerprint density at radius 3 is 3.12 bits per heavy atom. The highest BCUT2D eigenvalue weighted by Crippen LogP contribution is 2.20. The van der Waals surface area contributed by atoms with Crippen LogP contribution in [0.5, 0.6) is 0 Å². The second-order valence-corrected chi connectivity index (χ2v) is 7.40. The summed E-state index contributed by atoms with van der Waals surface area (Å²) < 4.78 is 7.40. The van der Waals surface area contributed by atoms with Gasteiger partial charge in [-0.05, 0) is 19.8 Å². The number of carbonyl (C=O) groups is 1. The van der Waals surface area contributed by atoms with Gasteiger partial charge in [-0.15, -0.1) is 11.3 Å². The minimum atomic E-state index is -0.230. The zero-order valence-electron chi connectivity index (χ0n) is 14.0. The van der Waals surface area contributed by atoms with Gasteiger partial charge in [0.05, 0.1) is 29.5 Å². The molecular weight excluding hydrogens is 326 g/mol. The highest BCUT2D eigenvalue weighted by atomic mass is 32.1. The third-order valence-electron chi connectivity index (χ3n) is 3.94. The second kappa shape index (κ2) is 7.76. The molecule has 0 bridgehead atoms. The number of nitrogens with one attached hydrogen (secondary N) is 2. The average molecular weight is 349 g/mol. The molecule has 2 amide bonds. The second-order valence-electron chi connectivity index (χ2n) is 6.13. The number of hydrogen-bond donors (Lipinski definition) is 2. The molecule has 1 fully saturated rings. The van der Waals surface area contributed by atoms with Crippen molar-refractivity contribution in [1.82, 2.24) is 20.1 Å². The zero-order chi connectivity index (χ0) is 16.9. The molecule has 130 valence electrons. The molecule has 2 aromatic heterocycles. The number of thiazole rings is 1. The minimum Gasteiger partial charge on any atom is -0.376 e. The topological polar surface area (TPSA) is 81.1 Å². The molecule has 8 heteroatoms. The monoisotopic (exact) mass is 349 g/mol. The van der Waals surface area contributed by atoms with Crippen LogP contribution in [0.4, 0.5) is 10.5 Å². The van der Waals surface area contributed by atoms with Gasteiger partial charge in [0.1, 0.15) is 0 Å². The van der Waals surface area contributed by atoms with Crippen LogP contribution in [0.25, 0.3) is 0 Å². The lowest BCUT2D eigenvalue weighted by Gasteiger charge is -2.10. The van der Waals surface area contributed by atoms with Gasteiger partial charge in [-0.3, -0.25) is 4.68 Å². The molecule has 0 radical (unpaired) electrons. The fourth-order valence-corrected chi connectivity index (χ4v) is 3.46. The summed E-state index contributed by atoms with van der Waals surface area (Å²) in [5.41, 5.74) is 0.684. The molecule has 0 saturated carbocycles. The molecule has 24 heavy (non-hydrogen) atoms. The average Bonchev–Trinajstić information content (AvgIpc) is 3.28. The SMILES string of the molecule is Cc1cnc([C@H](C)CNC(=O)Nc2cnn(C[C@H]3CCCO3)c2)s1. The van der Waals surface area contributed by atoms with Crippen LogP contribution in [0.2, 0.25) is 0 Å². The fraction of sp³-hybridized carbons (Fsp3) is 0.562. The fourth-order valence-electron chi connectivity index (χ4n) is 2.63. The Kier molecular flexibility index (Phi) is 5.47. The van der Waals surface area contributed by atoms with Crippen molar-refractivity contribution < 1.29 is 9.53 Å². The Balaban J connectivity index is 1.43. The summed E-state index contributed by atoms with van der Waals surface area (Å²) in [7, 11) is 0. The van der Waals surface area contributed by atoms with Crippen LogP contribution in [-0.4, -0.2) is 40.1 Å². The van der Waals surface area contributed by atoms with Crippen molar-refractivity contribution >= 4 is 23.1 Å². The van der Waals surface area contributed by atoms with E-state index in [1.54, 1.807) is 17.5 Å². The molecule has 0 aliphatic carbocycles. The number of nitrogens with zero attached hydrogens (tertiary/aromatic N) is 3. The van der Waals surface area contributed by atoms with Gasteiger partial charge in [-0.2, -0.15) is 5.10 Å². The molecule has 0 unspecified atom stereocenters. The number of urea groups is 1. The lowest BCUT2D eigenvalue weighted by molar-refractivity contribution is 0.0940. The first kappa shape index (κ1) is 16.9. The van der Waals surface area contributed by atoms with Gasteiger partial charge in [0.25, 0.3) is 0 Å². The smallest absolute Gasteiger partial charge is 0.319 e. The number of anilines is 1. The maximum absolute atomic E-state index is 12.0. The van der Waals surface area contributed by atoms with Crippen LogP contribution in [-0.2, 0) is 11.3 Å². The maximum Gasteiger partial charge on any atom is 0.319 e. The van der Waals surface area contributed by atoms with Crippen LogP contribution < -0.4 is 10.6 Å². The van der Waals surface area contributed by atoms with Crippen molar-refractivity contribution in [1.29, 1.82) is 0 Å². The van der Waals surface area contributed by atoms with Crippen molar-refractivity contribution in [3.63, 3.8) is 0 Å². The Bertz CT molecular complexity index is 678. The summed E-state index contributed by atoms with van der Waals surface area (Å²) in [6, 6.07) is -0.230. The molecular formula is C16H23N5O2S. The highest BCUT2D eigenvalue weighted by molar-refractivity contribution is 7.11. The van der Waals surface area contributed by atoms with Gasteiger partial charge >= 0.3 is 6.03 Å². The van der Waals surface area contributed by atoms with E-state index in [0.717, 1.165) is 31.0 Å². The molecule has 1 saturated heterocycles. The minimum absolute atomic E-state index is 0.191. The Hall–Kier alpha value is -1.93. The summed E-state index contributed by atoms with van der Waals surface area (Å²) in [4.78, 5) is 17.5. The molecule has 2 atom stereocenters. The molecule has 7 nitrogen and oxygen atoms in total. The number of aryl methyl sites for hydroxylation is 1. The number of rotatable bonds is 6. The quantitative estimate of drug-likeness (QED) is 0.840. The normalized spacial score (nSPS) is 18.5. The highest BCUT2D eigenvalue weighted by Gasteiger charge is 2.17. The maximum atomic E-state index is 12.0. The predicted octanol–water partition coefficient (Wildman–Crippen LogP) is 2.75. The van der Waals surface area contributed by atoms with Crippen LogP contribution in [0.15, 0.2) is 18.6 Å². The van der Waals surface area contributed by atoms with Gasteiger partial charge in [-0.1, -0.05) is 6.92 Å². The summed E-state index contributed by atoms with van der Waals surface area (Å²) in [5, 5.41) is 11.0. The van der Waals surface area contributed by atoms with E-state index in [0.29, 0.717) is 12.2 Å². The third-order valence-corrected chi connectivity index (χ3v) is 5.08. The molecule has 0 spiro atoms. The molecule has 2 aromatic rings. The number of amides is 2. The lowest BCUT2D eigenvalue weighted by Crippen LogP contribution is -2.31. The van der Waals surface area contributed by atoms with E-state index in [-0.39, 0.29) is 18.1 Å². The van der Waals surface area contributed by atoms with E-state index < -0.39 is 0 Å². The first-order valence-electron chi connectivity index (χ1n) is 8.21. The van der Waals surface area contributed by atoms with Gasteiger partial charge in [0.2, 0.25) is 0 Å². The molecule has 3 rings (SSSR count). The van der Waals surface area contributed by atoms with E-state index in [9.17, 15) is 4.79 Å². The molecule has 3 heterocycles. The molecule has 1 aliphatic heterocycles. The third kappa shape index (κ3) is 4.55. The van der Waals surface area contributed by atoms with Gasteiger partial charge < -0.3 is 15.4 Å². The van der Waals surface area contributed by atoms with E-state index in [2.05, 4.69) is 27.6 Å². The van der Waals surface area contributed by atoms with Crippen LogP contribution in [0, 0.1) is 6.92 Å². The summed E-state index contributed by atoms with van der Waals surface area (Å²) in [5.74, 6) is 0.191.